The van der Waals surface area contributed by atoms with E-state index in [-0.39, 0.29) is 12.4 Å². The molecule has 6 nitrogen and oxygen atoms in total. The van der Waals surface area contributed by atoms with Gasteiger partial charge in [0.05, 0.1) is 12.2 Å². The Morgan fingerprint density at radius 2 is 2.28 bits per heavy atom. The van der Waals surface area contributed by atoms with Gasteiger partial charge in [-0.1, -0.05) is 11.6 Å². The molecule has 0 saturated carbocycles. The van der Waals surface area contributed by atoms with Crippen LogP contribution in [0.3, 0.4) is 0 Å². The third-order valence-electron chi connectivity index (χ3n) is 2.55. The van der Waals surface area contributed by atoms with Crippen LogP contribution in [-0.4, -0.2) is 32.1 Å². The second-order valence-corrected chi connectivity index (χ2v) is 4.18. The van der Waals surface area contributed by atoms with Gasteiger partial charge in [0.15, 0.2) is 5.82 Å². The summed E-state index contributed by atoms with van der Waals surface area (Å²) in [5, 5.41) is 13.4. The molecule has 0 atom stereocenters. The molecule has 0 amide bonds. The van der Waals surface area contributed by atoms with Gasteiger partial charge in [-0.25, -0.2) is 14.5 Å². The van der Waals surface area contributed by atoms with Crippen LogP contribution in [0.1, 0.15) is 22.0 Å². The molecule has 0 aliphatic carbocycles. The summed E-state index contributed by atoms with van der Waals surface area (Å²) < 4.78 is 1.49. The van der Waals surface area contributed by atoms with Crippen molar-refractivity contribution >= 4 is 23.8 Å². The summed E-state index contributed by atoms with van der Waals surface area (Å²) in [6, 6.07) is 5.22. The van der Waals surface area contributed by atoms with Crippen molar-refractivity contribution < 1.29 is 9.90 Å². The van der Waals surface area contributed by atoms with E-state index in [1.807, 2.05) is 0 Å². The summed E-state index contributed by atoms with van der Waals surface area (Å²) in [5.41, 5.74) is 1.50. The average Bonchev–Trinajstić information content (AvgIpc) is 2.67. The van der Waals surface area contributed by atoms with Crippen LogP contribution in [-0.2, 0) is 6.54 Å². The highest BCUT2D eigenvalue weighted by Gasteiger charge is 2.19. The zero-order valence-electron chi connectivity index (χ0n) is 9.04. The standard InChI is InChI=1S/C11H7ClN4O2/c12-7-1-2-8-6(3-7)4-13-5-9-14-10(11(17)18)15-16(8)9/h1-4H,5H2,(H,17,18). The van der Waals surface area contributed by atoms with Gasteiger partial charge >= 0.3 is 5.97 Å². The maximum absolute atomic E-state index is 10.9. The van der Waals surface area contributed by atoms with Crippen molar-refractivity contribution in [1.82, 2.24) is 14.8 Å². The minimum absolute atomic E-state index is 0.233. The van der Waals surface area contributed by atoms with Crippen LogP contribution >= 0.6 is 11.6 Å². The highest BCUT2D eigenvalue weighted by Crippen LogP contribution is 2.21. The Morgan fingerprint density at radius 1 is 1.44 bits per heavy atom. The van der Waals surface area contributed by atoms with E-state index in [4.69, 9.17) is 16.7 Å². The third-order valence-corrected chi connectivity index (χ3v) is 2.78. The summed E-state index contributed by atoms with van der Waals surface area (Å²) in [6.07, 6.45) is 1.68. The van der Waals surface area contributed by atoms with Crippen LogP contribution in [0.4, 0.5) is 0 Å². The van der Waals surface area contributed by atoms with E-state index < -0.39 is 5.97 Å². The van der Waals surface area contributed by atoms with Crippen molar-refractivity contribution in [2.24, 2.45) is 4.99 Å². The lowest BCUT2D eigenvalue weighted by atomic mass is 10.2. The van der Waals surface area contributed by atoms with Crippen LogP contribution in [0.15, 0.2) is 23.2 Å². The van der Waals surface area contributed by atoms with Crippen LogP contribution in [0.25, 0.3) is 5.69 Å². The first-order valence-corrected chi connectivity index (χ1v) is 5.52. The predicted octanol–water partition coefficient (Wildman–Crippen LogP) is 1.55. The van der Waals surface area contributed by atoms with Crippen molar-refractivity contribution in [3.63, 3.8) is 0 Å². The van der Waals surface area contributed by atoms with E-state index in [0.29, 0.717) is 10.8 Å². The van der Waals surface area contributed by atoms with Gasteiger partial charge in [0.1, 0.15) is 0 Å². The van der Waals surface area contributed by atoms with Gasteiger partial charge in [-0.15, -0.1) is 5.10 Å². The highest BCUT2D eigenvalue weighted by atomic mass is 35.5. The average molecular weight is 263 g/mol. The van der Waals surface area contributed by atoms with Crippen LogP contribution in [0.2, 0.25) is 5.02 Å². The van der Waals surface area contributed by atoms with Gasteiger partial charge < -0.3 is 5.11 Å². The Hall–Kier alpha value is -2.21. The number of fused-ring (bicyclic) bond motifs is 3. The monoisotopic (exact) mass is 262 g/mol. The number of aromatic nitrogens is 3. The number of aromatic carboxylic acids is 1. The molecule has 1 aliphatic heterocycles. The predicted molar refractivity (Wildman–Crippen MR) is 64.6 cm³/mol. The molecule has 1 aliphatic rings. The molecule has 0 unspecified atom stereocenters. The Bertz CT molecular complexity index is 678. The third kappa shape index (κ3) is 1.67. The van der Waals surface area contributed by atoms with Crippen LogP contribution in [0, 0.1) is 0 Å². The smallest absolute Gasteiger partial charge is 0.375 e. The molecular weight excluding hydrogens is 256 g/mol. The van der Waals surface area contributed by atoms with E-state index in [1.54, 1.807) is 24.4 Å². The Kier molecular flexibility index (Phi) is 2.38. The summed E-state index contributed by atoms with van der Waals surface area (Å²) >= 11 is 5.91. The molecular formula is C11H7ClN4O2. The fourth-order valence-corrected chi connectivity index (χ4v) is 1.96. The van der Waals surface area contributed by atoms with Gasteiger partial charge in [0.25, 0.3) is 5.82 Å². The molecule has 2 aromatic rings. The normalized spacial score (nSPS) is 12.7. The second kappa shape index (κ2) is 3.92. The minimum atomic E-state index is -1.16. The molecule has 1 aromatic heterocycles. The Balaban J connectivity index is 2.24. The fraction of sp³-hybridized carbons (Fsp3) is 0.0909. The van der Waals surface area contributed by atoms with Gasteiger partial charge in [-0.2, -0.15) is 0 Å². The molecule has 0 spiro atoms. The molecule has 1 N–H and O–H groups in total. The summed E-state index contributed by atoms with van der Waals surface area (Å²) in [5.74, 6) is -0.900. The summed E-state index contributed by atoms with van der Waals surface area (Å²) in [7, 11) is 0. The number of aliphatic imine (C=N–C) groups is 1. The molecule has 18 heavy (non-hydrogen) atoms. The number of nitrogens with zero attached hydrogens (tertiary/aromatic N) is 4. The zero-order valence-corrected chi connectivity index (χ0v) is 9.79. The van der Waals surface area contributed by atoms with E-state index in [0.717, 1.165) is 11.3 Å². The first-order valence-electron chi connectivity index (χ1n) is 5.14. The van der Waals surface area contributed by atoms with Crippen LogP contribution < -0.4 is 0 Å². The van der Waals surface area contributed by atoms with Gasteiger partial charge in [-0.05, 0) is 18.2 Å². The number of hydrogen-bond acceptors (Lipinski definition) is 4. The zero-order chi connectivity index (χ0) is 12.7. The number of halogens is 1. The van der Waals surface area contributed by atoms with Crippen LogP contribution in [0.5, 0.6) is 0 Å². The van der Waals surface area contributed by atoms with Crippen molar-refractivity contribution in [2.45, 2.75) is 6.54 Å². The number of carboxylic acid groups (broad SMARTS) is 1. The largest absolute Gasteiger partial charge is 0.475 e. The SMILES string of the molecule is O=C(O)c1nc2n(n1)-c1ccc(Cl)cc1C=NC2. The fourth-order valence-electron chi connectivity index (χ4n) is 1.78. The van der Waals surface area contributed by atoms with Crippen molar-refractivity contribution in [3.05, 3.63) is 40.4 Å². The number of carboxylic acids is 1. The maximum atomic E-state index is 10.9. The lowest BCUT2D eigenvalue weighted by Crippen LogP contribution is -2.04. The van der Waals surface area contributed by atoms with Crippen molar-refractivity contribution in [2.75, 3.05) is 0 Å². The molecule has 90 valence electrons. The molecule has 2 heterocycles. The minimum Gasteiger partial charge on any atom is -0.475 e. The van der Waals surface area contributed by atoms with E-state index in [2.05, 4.69) is 15.1 Å². The topological polar surface area (TPSA) is 80.4 Å². The molecule has 0 bridgehead atoms. The van der Waals surface area contributed by atoms with Crippen molar-refractivity contribution in [1.29, 1.82) is 0 Å². The number of benzene rings is 1. The van der Waals surface area contributed by atoms with E-state index in [1.165, 1.54) is 4.68 Å². The van der Waals surface area contributed by atoms with Crippen molar-refractivity contribution in [3.8, 4) is 5.69 Å². The first kappa shape index (κ1) is 10.9. The lowest BCUT2D eigenvalue weighted by Gasteiger charge is -2.05. The maximum Gasteiger partial charge on any atom is 0.375 e. The molecule has 0 radical (unpaired) electrons. The van der Waals surface area contributed by atoms with E-state index in [9.17, 15) is 4.79 Å². The van der Waals surface area contributed by atoms with E-state index >= 15 is 0 Å². The Labute approximate surface area is 107 Å². The number of hydrogen-bond donors (Lipinski definition) is 1. The molecule has 0 saturated heterocycles. The Morgan fingerprint density at radius 3 is 3.06 bits per heavy atom. The second-order valence-electron chi connectivity index (χ2n) is 3.74. The summed E-state index contributed by atoms with van der Waals surface area (Å²) in [6.45, 7) is 0.284. The van der Waals surface area contributed by atoms with Gasteiger partial charge in [-0.3, -0.25) is 4.99 Å². The number of carbonyl (C=O) groups is 1. The van der Waals surface area contributed by atoms with Gasteiger partial charge in [0.2, 0.25) is 0 Å². The number of rotatable bonds is 1. The molecule has 1 aromatic carbocycles. The summed E-state index contributed by atoms with van der Waals surface area (Å²) in [4.78, 5) is 19.0. The molecule has 7 heteroatoms. The van der Waals surface area contributed by atoms with Gasteiger partial charge in [0, 0.05) is 16.8 Å². The highest BCUT2D eigenvalue weighted by molar-refractivity contribution is 6.31. The first-order chi connectivity index (χ1) is 8.65. The molecule has 3 rings (SSSR count). The molecule has 0 fully saturated rings. The quantitative estimate of drug-likeness (QED) is 0.845. The lowest BCUT2D eigenvalue weighted by molar-refractivity contribution is 0.0683.